The van der Waals surface area contributed by atoms with Crippen molar-refractivity contribution in [2.45, 2.75) is 32.9 Å². The van der Waals surface area contributed by atoms with Crippen LogP contribution in [-0.2, 0) is 13.0 Å². The standard InChI is InChI=1S/C17H22N4O3/c1-3-16-19-15(20-24-16)11-23-14-6-4-13(5-7-14)17(22)21-9-8-18-10-12(21)2/h4-7,12,18H,3,8-11H2,1-2H3/t12-/m0/s1. The van der Waals surface area contributed by atoms with Crippen molar-refractivity contribution in [1.82, 2.24) is 20.4 Å². The lowest BCUT2D eigenvalue weighted by Gasteiger charge is -2.34. The van der Waals surface area contributed by atoms with E-state index in [9.17, 15) is 4.79 Å². The number of rotatable bonds is 5. The number of nitrogens with one attached hydrogen (secondary N) is 1. The molecule has 1 fully saturated rings. The van der Waals surface area contributed by atoms with Gasteiger partial charge in [0.1, 0.15) is 5.75 Å². The zero-order valence-electron chi connectivity index (χ0n) is 14.0. The van der Waals surface area contributed by atoms with Gasteiger partial charge in [-0.3, -0.25) is 4.79 Å². The molecule has 1 N–H and O–H groups in total. The molecule has 0 saturated carbocycles. The maximum absolute atomic E-state index is 12.6. The quantitative estimate of drug-likeness (QED) is 0.898. The number of carbonyl (C=O) groups excluding carboxylic acids is 1. The first-order valence-electron chi connectivity index (χ1n) is 8.23. The number of nitrogens with zero attached hydrogens (tertiary/aromatic N) is 3. The minimum absolute atomic E-state index is 0.0568. The summed E-state index contributed by atoms with van der Waals surface area (Å²) in [5, 5.41) is 7.12. The van der Waals surface area contributed by atoms with Crippen LogP contribution in [0.4, 0.5) is 0 Å². The van der Waals surface area contributed by atoms with Crippen LogP contribution in [0.15, 0.2) is 28.8 Å². The van der Waals surface area contributed by atoms with Crippen LogP contribution >= 0.6 is 0 Å². The Kier molecular flexibility index (Phi) is 5.10. The van der Waals surface area contributed by atoms with Gasteiger partial charge in [-0.1, -0.05) is 12.1 Å². The summed E-state index contributed by atoms with van der Waals surface area (Å²) in [5.41, 5.74) is 0.670. The molecule has 1 aliphatic rings. The van der Waals surface area contributed by atoms with Gasteiger partial charge in [0.2, 0.25) is 11.7 Å². The molecule has 0 spiro atoms. The molecule has 1 atom stereocenters. The fourth-order valence-electron chi connectivity index (χ4n) is 2.64. The summed E-state index contributed by atoms with van der Waals surface area (Å²) in [5.74, 6) is 1.84. The van der Waals surface area contributed by atoms with Crippen molar-refractivity contribution in [2.75, 3.05) is 19.6 Å². The Morgan fingerprint density at radius 1 is 1.42 bits per heavy atom. The van der Waals surface area contributed by atoms with Crippen LogP contribution in [0.25, 0.3) is 0 Å². The molecule has 7 nitrogen and oxygen atoms in total. The second-order valence-corrected chi connectivity index (χ2v) is 5.82. The highest BCUT2D eigenvalue weighted by atomic mass is 16.5. The van der Waals surface area contributed by atoms with Crippen LogP contribution in [0.5, 0.6) is 5.75 Å². The first-order valence-corrected chi connectivity index (χ1v) is 8.23. The second kappa shape index (κ2) is 7.44. The van der Waals surface area contributed by atoms with E-state index in [1.54, 1.807) is 24.3 Å². The minimum atomic E-state index is 0.0568. The molecule has 3 rings (SSSR count). The van der Waals surface area contributed by atoms with Crippen LogP contribution in [0.1, 0.15) is 35.9 Å². The van der Waals surface area contributed by atoms with Crippen LogP contribution in [-0.4, -0.2) is 46.6 Å². The summed E-state index contributed by atoms with van der Waals surface area (Å²) < 4.78 is 10.7. The molecule has 7 heteroatoms. The number of benzene rings is 1. The second-order valence-electron chi connectivity index (χ2n) is 5.82. The third kappa shape index (κ3) is 3.73. The average molecular weight is 330 g/mol. The van der Waals surface area contributed by atoms with Gasteiger partial charge >= 0.3 is 0 Å². The lowest BCUT2D eigenvalue weighted by atomic mass is 10.1. The topological polar surface area (TPSA) is 80.5 Å². The molecule has 128 valence electrons. The number of piperazine rings is 1. The molecule has 1 aromatic heterocycles. The zero-order valence-corrected chi connectivity index (χ0v) is 14.0. The lowest BCUT2D eigenvalue weighted by Crippen LogP contribution is -2.52. The number of aryl methyl sites for hydroxylation is 1. The zero-order chi connectivity index (χ0) is 16.9. The monoisotopic (exact) mass is 330 g/mol. The van der Waals surface area contributed by atoms with Gasteiger partial charge in [-0.15, -0.1) is 0 Å². The van der Waals surface area contributed by atoms with Crippen molar-refractivity contribution in [3.05, 3.63) is 41.5 Å². The summed E-state index contributed by atoms with van der Waals surface area (Å²) in [4.78, 5) is 18.7. The van der Waals surface area contributed by atoms with E-state index in [1.807, 2.05) is 11.8 Å². The highest BCUT2D eigenvalue weighted by molar-refractivity contribution is 5.94. The normalized spacial score (nSPS) is 17.8. The molecule has 2 aromatic rings. The Morgan fingerprint density at radius 2 is 2.21 bits per heavy atom. The molecule has 1 amide bonds. The summed E-state index contributed by atoms with van der Waals surface area (Å²) in [6.07, 6.45) is 0.703. The number of amides is 1. The van der Waals surface area contributed by atoms with Crippen LogP contribution in [0.2, 0.25) is 0 Å². The Morgan fingerprint density at radius 3 is 2.88 bits per heavy atom. The number of carbonyl (C=O) groups is 1. The van der Waals surface area contributed by atoms with Gasteiger partial charge in [0, 0.05) is 37.7 Å². The molecule has 1 aromatic carbocycles. The lowest BCUT2D eigenvalue weighted by molar-refractivity contribution is 0.0655. The summed E-state index contributed by atoms with van der Waals surface area (Å²) in [6.45, 7) is 6.64. The first kappa shape index (κ1) is 16.4. The predicted molar refractivity (Wildman–Crippen MR) is 87.8 cm³/mol. The highest BCUT2D eigenvalue weighted by Gasteiger charge is 2.23. The van der Waals surface area contributed by atoms with E-state index in [1.165, 1.54) is 0 Å². The summed E-state index contributed by atoms with van der Waals surface area (Å²) >= 11 is 0. The third-order valence-electron chi connectivity index (χ3n) is 4.04. The van der Waals surface area contributed by atoms with E-state index in [0.717, 1.165) is 19.6 Å². The third-order valence-corrected chi connectivity index (χ3v) is 4.04. The van der Waals surface area contributed by atoms with Gasteiger partial charge in [-0.05, 0) is 31.2 Å². The molecular weight excluding hydrogens is 308 g/mol. The van der Waals surface area contributed by atoms with E-state index < -0.39 is 0 Å². The largest absolute Gasteiger partial charge is 0.485 e. The van der Waals surface area contributed by atoms with Gasteiger partial charge in [0.05, 0.1) is 0 Å². The molecule has 1 aliphatic heterocycles. The van der Waals surface area contributed by atoms with Gasteiger partial charge in [-0.25, -0.2) is 0 Å². The van der Waals surface area contributed by atoms with Crippen molar-refractivity contribution >= 4 is 5.91 Å². The van der Waals surface area contributed by atoms with Gasteiger partial charge < -0.3 is 19.5 Å². The summed E-state index contributed by atoms with van der Waals surface area (Å²) in [6, 6.07) is 7.37. The average Bonchev–Trinajstić information content (AvgIpc) is 3.08. The smallest absolute Gasteiger partial charge is 0.254 e. The summed E-state index contributed by atoms with van der Waals surface area (Å²) in [7, 11) is 0. The van der Waals surface area contributed by atoms with Gasteiger partial charge in [0.15, 0.2) is 6.61 Å². The number of hydrogen-bond acceptors (Lipinski definition) is 6. The molecule has 0 radical (unpaired) electrons. The highest BCUT2D eigenvalue weighted by Crippen LogP contribution is 2.16. The van der Waals surface area contributed by atoms with E-state index in [-0.39, 0.29) is 18.6 Å². The van der Waals surface area contributed by atoms with E-state index in [4.69, 9.17) is 9.26 Å². The van der Waals surface area contributed by atoms with Crippen molar-refractivity contribution in [2.24, 2.45) is 0 Å². The Labute approximate surface area is 141 Å². The predicted octanol–water partition coefficient (Wildman–Crippen LogP) is 1.64. The molecular formula is C17H22N4O3. The van der Waals surface area contributed by atoms with E-state index >= 15 is 0 Å². The number of ether oxygens (including phenoxy) is 1. The molecule has 0 aliphatic carbocycles. The van der Waals surface area contributed by atoms with Crippen molar-refractivity contribution in [3.8, 4) is 5.75 Å². The maximum atomic E-state index is 12.6. The molecule has 0 bridgehead atoms. The van der Waals surface area contributed by atoms with Crippen LogP contribution in [0, 0.1) is 0 Å². The van der Waals surface area contributed by atoms with Crippen LogP contribution in [0.3, 0.4) is 0 Å². The van der Waals surface area contributed by atoms with Gasteiger partial charge in [0.25, 0.3) is 5.91 Å². The Bertz CT molecular complexity index is 683. The maximum Gasteiger partial charge on any atom is 0.254 e. The molecule has 24 heavy (non-hydrogen) atoms. The molecule has 2 heterocycles. The van der Waals surface area contributed by atoms with Crippen molar-refractivity contribution in [3.63, 3.8) is 0 Å². The number of aromatic nitrogens is 2. The van der Waals surface area contributed by atoms with Crippen molar-refractivity contribution in [1.29, 1.82) is 0 Å². The Hall–Kier alpha value is -2.41. The SMILES string of the molecule is CCc1nc(COc2ccc(C(=O)N3CCNC[C@@H]3C)cc2)no1. The van der Waals surface area contributed by atoms with E-state index in [2.05, 4.69) is 22.4 Å². The van der Waals surface area contributed by atoms with Crippen molar-refractivity contribution < 1.29 is 14.1 Å². The van der Waals surface area contributed by atoms with Crippen LogP contribution < -0.4 is 10.1 Å². The number of hydrogen-bond donors (Lipinski definition) is 1. The molecule has 0 unspecified atom stereocenters. The fourth-order valence-corrected chi connectivity index (χ4v) is 2.64. The molecule has 1 saturated heterocycles. The fraction of sp³-hybridized carbons (Fsp3) is 0.471. The Balaban J connectivity index is 1.59. The van der Waals surface area contributed by atoms with Gasteiger partial charge in [-0.2, -0.15) is 4.98 Å². The van der Waals surface area contributed by atoms with E-state index in [0.29, 0.717) is 29.4 Å². The first-order chi connectivity index (χ1) is 11.7. The minimum Gasteiger partial charge on any atom is -0.485 e.